The second kappa shape index (κ2) is 8.16. The standard InChI is InChI=1S/C17H33N3/c1-4-19-10-6-16(14-19)13-18-17-7-11-20(12-8-17)9-5-15(2)3/h5,16-18H,4,6-14H2,1-3H3. The zero-order valence-corrected chi connectivity index (χ0v) is 13.7. The number of nitrogens with zero attached hydrogens (tertiary/aromatic N) is 2. The molecule has 3 nitrogen and oxygen atoms in total. The molecule has 0 aromatic heterocycles. The second-order valence-electron chi connectivity index (χ2n) is 6.81. The van der Waals surface area contributed by atoms with Gasteiger partial charge in [-0.05, 0) is 71.8 Å². The minimum absolute atomic E-state index is 0.758. The van der Waals surface area contributed by atoms with Crippen molar-refractivity contribution in [3.8, 4) is 0 Å². The van der Waals surface area contributed by atoms with Crippen LogP contribution in [-0.2, 0) is 0 Å². The van der Waals surface area contributed by atoms with E-state index in [1.807, 2.05) is 0 Å². The minimum Gasteiger partial charge on any atom is -0.314 e. The number of likely N-dealkylation sites (tertiary alicyclic amines) is 2. The molecule has 0 aliphatic carbocycles. The summed E-state index contributed by atoms with van der Waals surface area (Å²) < 4.78 is 0. The lowest BCUT2D eigenvalue weighted by Gasteiger charge is -2.32. The van der Waals surface area contributed by atoms with Gasteiger partial charge in [0.05, 0.1) is 0 Å². The van der Waals surface area contributed by atoms with E-state index in [9.17, 15) is 0 Å². The molecule has 2 heterocycles. The van der Waals surface area contributed by atoms with Crippen LogP contribution < -0.4 is 5.32 Å². The van der Waals surface area contributed by atoms with Gasteiger partial charge < -0.3 is 10.2 Å². The second-order valence-corrected chi connectivity index (χ2v) is 6.81. The lowest BCUT2D eigenvalue weighted by molar-refractivity contribution is 0.210. The van der Waals surface area contributed by atoms with Crippen LogP contribution >= 0.6 is 0 Å². The molecule has 116 valence electrons. The van der Waals surface area contributed by atoms with Gasteiger partial charge in [0.1, 0.15) is 0 Å². The van der Waals surface area contributed by atoms with E-state index in [2.05, 4.69) is 42.0 Å². The first-order valence-electron chi connectivity index (χ1n) is 8.48. The van der Waals surface area contributed by atoms with Gasteiger partial charge in [-0.1, -0.05) is 18.6 Å². The molecule has 0 aromatic rings. The number of piperidine rings is 1. The molecule has 0 spiro atoms. The molecule has 1 N–H and O–H groups in total. The number of hydrogen-bond acceptors (Lipinski definition) is 3. The Kier molecular flexibility index (Phi) is 6.53. The van der Waals surface area contributed by atoms with E-state index in [0.29, 0.717) is 0 Å². The Balaban J connectivity index is 1.59. The van der Waals surface area contributed by atoms with Crippen molar-refractivity contribution in [2.75, 3.05) is 45.8 Å². The third-order valence-corrected chi connectivity index (χ3v) is 4.86. The van der Waals surface area contributed by atoms with Crippen LogP contribution in [0.25, 0.3) is 0 Å². The molecule has 1 unspecified atom stereocenters. The van der Waals surface area contributed by atoms with Gasteiger partial charge >= 0.3 is 0 Å². The average Bonchev–Trinajstić information content (AvgIpc) is 2.92. The number of allylic oxidation sites excluding steroid dienone is 1. The highest BCUT2D eigenvalue weighted by atomic mass is 15.2. The van der Waals surface area contributed by atoms with E-state index in [1.165, 1.54) is 64.1 Å². The lowest BCUT2D eigenvalue weighted by atomic mass is 10.0. The normalized spacial score (nSPS) is 26.1. The number of nitrogens with one attached hydrogen (secondary N) is 1. The molecule has 1 atom stereocenters. The third kappa shape index (κ3) is 5.19. The molecular weight excluding hydrogens is 246 g/mol. The first-order chi connectivity index (χ1) is 9.67. The third-order valence-electron chi connectivity index (χ3n) is 4.86. The van der Waals surface area contributed by atoms with Gasteiger partial charge in [0.15, 0.2) is 0 Å². The Morgan fingerprint density at radius 1 is 1.10 bits per heavy atom. The highest BCUT2D eigenvalue weighted by Crippen LogP contribution is 2.16. The fourth-order valence-electron chi connectivity index (χ4n) is 3.33. The first-order valence-corrected chi connectivity index (χ1v) is 8.48. The maximum atomic E-state index is 3.82. The van der Waals surface area contributed by atoms with Gasteiger partial charge in [0.2, 0.25) is 0 Å². The van der Waals surface area contributed by atoms with Crippen molar-refractivity contribution in [1.82, 2.24) is 15.1 Å². The fraction of sp³-hybridized carbons (Fsp3) is 0.882. The van der Waals surface area contributed by atoms with E-state index in [-0.39, 0.29) is 0 Å². The summed E-state index contributed by atoms with van der Waals surface area (Å²) in [5, 5.41) is 3.82. The van der Waals surface area contributed by atoms with Crippen molar-refractivity contribution in [3.63, 3.8) is 0 Å². The Bertz CT molecular complexity index is 301. The summed E-state index contributed by atoms with van der Waals surface area (Å²) >= 11 is 0. The molecular formula is C17H33N3. The van der Waals surface area contributed by atoms with Crippen molar-refractivity contribution in [3.05, 3.63) is 11.6 Å². The van der Waals surface area contributed by atoms with Gasteiger partial charge in [-0.15, -0.1) is 0 Å². The van der Waals surface area contributed by atoms with Gasteiger partial charge in [-0.25, -0.2) is 0 Å². The van der Waals surface area contributed by atoms with Crippen LogP contribution in [0.5, 0.6) is 0 Å². The van der Waals surface area contributed by atoms with E-state index in [0.717, 1.165) is 18.5 Å². The Morgan fingerprint density at radius 2 is 1.80 bits per heavy atom. The molecule has 2 rings (SSSR count). The maximum Gasteiger partial charge on any atom is 0.0165 e. The molecule has 0 bridgehead atoms. The van der Waals surface area contributed by atoms with Crippen molar-refractivity contribution < 1.29 is 0 Å². The van der Waals surface area contributed by atoms with Crippen molar-refractivity contribution in [2.24, 2.45) is 5.92 Å². The highest BCUT2D eigenvalue weighted by Gasteiger charge is 2.23. The molecule has 3 heteroatoms. The largest absolute Gasteiger partial charge is 0.314 e. The zero-order chi connectivity index (χ0) is 14.4. The monoisotopic (exact) mass is 279 g/mol. The zero-order valence-electron chi connectivity index (χ0n) is 13.7. The van der Waals surface area contributed by atoms with Crippen LogP contribution in [0.15, 0.2) is 11.6 Å². The predicted octanol–water partition coefficient (Wildman–Crippen LogP) is 2.35. The van der Waals surface area contributed by atoms with Crippen LogP contribution in [0.4, 0.5) is 0 Å². The smallest absolute Gasteiger partial charge is 0.0165 e. The maximum absolute atomic E-state index is 3.82. The van der Waals surface area contributed by atoms with Gasteiger partial charge in [0.25, 0.3) is 0 Å². The van der Waals surface area contributed by atoms with Gasteiger partial charge in [0, 0.05) is 19.1 Å². The summed E-state index contributed by atoms with van der Waals surface area (Å²) in [5.41, 5.74) is 1.44. The summed E-state index contributed by atoms with van der Waals surface area (Å²) in [6, 6.07) is 0.758. The number of rotatable bonds is 6. The quantitative estimate of drug-likeness (QED) is 0.753. The van der Waals surface area contributed by atoms with Crippen LogP contribution in [-0.4, -0.2) is 61.7 Å². The summed E-state index contributed by atoms with van der Waals surface area (Å²) in [4.78, 5) is 5.16. The van der Waals surface area contributed by atoms with Crippen molar-refractivity contribution >= 4 is 0 Å². The summed E-state index contributed by atoms with van der Waals surface area (Å²) in [6.07, 6.45) is 6.38. The Morgan fingerprint density at radius 3 is 2.40 bits per heavy atom. The van der Waals surface area contributed by atoms with E-state index in [4.69, 9.17) is 0 Å². The van der Waals surface area contributed by atoms with Gasteiger partial charge in [-0.2, -0.15) is 0 Å². The predicted molar refractivity (Wildman–Crippen MR) is 87.1 cm³/mol. The lowest BCUT2D eigenvalue weighted by Crippen LogP contribution is -2.44. The first kappa shape index (κ1) is 16.0. The Hall–Kier alpha value is -0.380. The molecule has 2 aliphatic heterocycles. The molecule has 0 amide bonds. The van der Waals surface area contributed by atoms with Crippen molar-refractivity contribution in [1.29, 1.82) is 0 Å². The summed E-state index contributed by atoms with van der Waals surface area (Å²) in [5.74, 6) is 0.888. The van der Waals surface area contributed by atoms with E-state index in [1.54, 1.807) is 0 Å². The molecule has 20 heavy (non-hydrogen) atoms. The molecule has 2 aliphatic rings. The Labute approximate surface area is 125 Å². The topological polar surface area (TPSA) is 18.5 Å². The van der Waals surface area contributed by atoms with E-state index < -0.39 is 0 Å². The SMILES string of the molecule is CCN1CCC(CNC2CCN(CC=C(C)C)CC2)C1. The van der Waals surface area contributed by atoms with Crippen LogP contribution in [0.3, 0.4) is 0 Å². The number of hydrogen-bond donors (Lipinski definition) is 1. The van der Waals surface area contributed by atoms with Gasteiger partial charge in [-0.3, -0.25) is 4.90 Å². The molecule has 0 saturated carbocycles. The fourth-order valence-corrected chi connectivity index (χ4v) is 3.33. The highest BCUT2D eigenvalue weighted by molar-refractivity contribution is 4.95. The van der Waals surface area contributed by atoms with Crippen LogP contribution in [0, 0.1) is 5.92 Å². The molecule has 2 fully saturated rings. The van der Waals surface area contributed by atoms with E-state index >= 15 is 0 Å². The minimum atomic E-state index is 0.758. The van der Waals surface area contributed by atoms with Crippen LogP contribution in [0.2, 0.25) is 0 Å². The van der Waals surface area contributed by atoms with Crippen LogP contribution in [0.1, 0.15) is 40.0 Å². The molecule has 0 aromatic carbocycles. The van der Waals surface area contributed by atoms with Crippen molar-refractivity contribution in [2.45, 2.75) is 46.1 Å². The molecule has 2 saturated heterocycles. The average molecular weight is 279 g/mol. The summed E-state index contributed by atoms with van der Waals surface area (Å²) in [6.45, 7) is 15.4. The molecule has 0 radical (unpaired) electrons. The summed E-state index contributed by atoms with van der Waals surface area (Å²) in [7, 11) is 0.